The molecule has 0 saturated carbocycles. The molecule has 0 amide bonds. The molecule has 0 atom stereocenters. The molecule has 60 valence electrons. The van der Waals surface area contributed by atoms with E-state index >= 15 is 0 Å². The Morgan fingerprint density at radius 2 is 1.22 bits per heavy atom. The summed E-state index contributed by atoms with van der Waals surface area (Å²) in [6.07, 6.45) is 0.993. The third-order valence-corrected chi connectivity index (χ3v) is 0.697. The minimum absolute atomic E-state index is 0. The van der Waals surface area contributed by atoms with Crippen molar-refractivity contribution < 1.29 is 9.47 Å². The van der Waals surface area contributed by atoms with E-state index in [4.69, 9.17) is 9.47 Å². The summed E-state index contributed by atoms with van der Waals surface area (Å²) in [5.41, 5.74) is 0. The van der Waals surface area contributed by atoms with Crippen molar-refractivity contribution in [3.63, 3.8) is 0 Å². The Labute approximate surface area is 59.2 Å². The average molecular weight is 136 g/mol. The van der Waals surface area contributed by atoms with Crippen LogP contribution in [0.25, 0.3) is 0 Å². The van der Waals surface area contributed by atoms with Gasteiger partial charge in [0, 0.05) is 27.4 Å². The molecule has 0 aliphatic rings. The largest absolute Gasteiger partial charge is 0.385 e. The summed E-state index contributed by atoms with van der Waals surface area (Å²) in [5.74, 6) is 0. The summed E-state index contributed by atoms with van der Waals surface area (Å²) in [6.45, 7) is 1.60. The summed E-state index contributed by atoms with van der Waals surface area (Å²) in [4.78, 5) is 0. The van der Waals surface area contributed by atoms with Crippen LogP contribution in [0.4, 0.5) is 0 Å². The smallest absolute Gasteiger partial charge is 0.0484 e. The quantitative estimate of drug-likeness (QED) is 0.550. The van der Waals surface area contributed by atoms with E-state index in [0.717, 1.165) is 19.6 Å². The number of hydrogen-bond acceptors (Lipinski definition) is 2. The highest BCUT2D eigenvalue weighted by Gasteiger charge is 1.79. The van der Waals surface area contributed by atoms with Crippen molar-refractivity contribution >= 4 is 0 Å². The molecular weight excluding hydrogens is 116 g/mol. The maximum Gasteiger partial charge on any atom is 0.0484 e. The first kappa shape index (κ1) is 16.0. The molecule has 0 heterocycles. The maximum atomic E-state index is 4.76. The van der Waals surface area contributed by atoms with Gasteiger partial charge in [0.25, 0.3) is 0 Å². The molecule has 0 unspecified atom stereocenters. The van der Waals surface area contributed by atoms with Crippen molar-refractivity contribution in [1.29, 1.82) is 0 Å². The van der Waals surface area contributed by atoms with Gasteiger partial charge >= 0.3 is 0 Å². The van der Waals surface area contributed by atoms with Crippen LogP contribution >= 0.6 is 0 Å². The molecule has 0 radical (unpaired) electrons. The fourth-order valence-electron chi connectivity index (χ4n) is 0.348. The molecule has 0 aromatic heterocycles. The first-order chi connectivity index (χ1) is 3.41. The van der Waals surface area contributed by atoms with Crippen molar-refractivity contribution in [1.82, 2.24) is 0 Å². The topological polar surface area (TPSA) is 18.5 Å². The molecule has 0 spiro atoms. The van der Waals surface area contributed by atoms with E-state index in [1.807, 2.05) is 0 Å². The predicted molar refractivity (Wildman–Crippen MR) is 41.8 cm³/mol. The summed E-state index contributed by atoms with van der Waals surface area (Å²) >= 11 is 0. The normalized spacial score (nSPS) is 7.33. The van der Waals surface area contributed by atoms with E-state index in [1.165, 1.54) is 0 Å². The molecule has 0 bridgehead atoms. The zero-order valence-corrected chi connectivity index (χ0v) is 4.94. The highest BCUT2D eigenvalue weighted by atomic mass is 16.5. The first-order valence-corrected chi connectivity index (χ1v) is 2.39. The van der Waals surface area contributed by atoms with Gasteiger partial charge in [0.05, 0.1) is 0 Å². The Kier molecular flexibility index (Phi) is 27.8. The maximum absolute atomic E-state index is 4.76. The Morgan fingerprint density at radius 1 is 0.889 bits per heavy atom. The molecule has 9 heavy (non-hydrogen) atoms. The fourth-order valence-corrected chi connectivity index (χ4v) is 0.348. The Bertz CT molecular complexity index is 26.1. The van der Waals surface area contributed by atoms with Crippen molar-refractivity contribution in [3.8, 4) is 0 Å². The number of rotatable bonds is 4. The molecule has 0 aliphatic heterocycles. The lowest BCUT2D eigenvalue weighted by Crippen LogP contribution is -1.94. The van der Waals surface area contributed by atoms with Crippen molar-refractivity contribution in [2.24, 2.45) is 0 Å². The van der Waals surface area contributed by atoms with Crippen LogP contribution in [0.1, 0.15) is 21.3 Å². The number of ether oxygens (including phenoxy) is 2. The van der Waals surface area contributed by atoms with Crippen LogP contribution in [0, 0.1) is 0 Å². The monoisotopic (exact) mass is 136 g/mol. The van der Waals surface area contributed by atoms with Gasteiger partial charge in [-0.1, -0.05) is 14.9 Å². The third kappa shape index (κ3) is 18.1. The third-order valence-electron chi connectivity index (χ3n) is 0.697. The SMILES string of the molecule is C.C.COCCCOC. The van der Waals surface area contributed by atoms with E-state index in [-0.39, 0.29) is 14.9 Å². The predicted octanol–water partition coefficient (Wildman–Crippen LogP) is 1.94. The molecule has 2 heteroatoms. The molecule has 0 rings (SSSR count). The molecule has 0 aromatic rings. The highest BCUT2D eigenvalue weighted by molar-refractivity contribution is 4.28. The van der Waals surface area contributed by atoms with Crippen molar-refractivity contribution in [3.05, 3.63) is 0 Å². The summed E-state index contributed by atoms with van der Waals surface area (Å²) in [5, 5.41) is 0. The molecule has 0 fully saturated rings. The van der Waals surface area contributed by atoms with E-state index < -0.39 is 0 Å². The molecule has 0 saturated heterocycles. The molecular formula is C7H20O2. The van der Waals surface area contributed by atoms with Gasteiger partial charge in [0.2, 0.25) is 0 Å². The van der Waals surface area contributed by atoms with Crippen molar-refractivity contribution in [2.75, 3.05) is 27.4 Å². The lowest BCUT2D eigenvalue weighted by molar-refractivity contribution is 0.138. The standard InChI is InChI=1S/C5H12O2.2CH4/c1-6-4-3-5-7-2;;/h3-5H2,1-2H3;2*1H4. The minimum atomic E-state index is 0. The second-order valence-corrected chi connectivity index (χ2v) is 1.34. The Hall–Kier alpha value is -0.0800. The number of methoxy groups -OCH3 is 2. The van der Waals surface area contributed by atoms with Gasteiger partial charge in [0.15, 0.2) is 0 Å². The molecule has 0 aromatic carbocycles. The van der Waals surface area contributed by atoms with Crippen LogP contribution < -0.4 is 0 Å². The van der Waals surface area contributed by atoms with E-state index in [1.54, 1.807) is 14.2 Å². The van der Waals surface area contributed by atoms with E-state index in [0.29, 0.717) is 0 Å². The lowest BCUT2D eigenvalue weighted by atomic mass is 10.5. The van der Waals surface area contributed by atoms with E-state index in [2.05, 4.69) is 0 Å². The van der Waals surface area contributed by atoms with Gasteiger partial charge in [-0.05, 0) is 6.42 Å². The Balaban J connectivity index is -0.000000180. The average Bonchev–Trinajstić information content (AvgIpc) is 1.69. The van der Waals surface area contributed by atoms with Crippen LogP contribution in [0.5, 0.6) is 0 Å². The van der Waals surface area contributed by atoms with Crippen LogP contribution in [0.15, 0.2) is 0 Å². The zero-order chi connectivity index (χ0) is 5.54. The van der Waals surface area contributed by atoms with Crippen LogP contribution in [0.2, 0.25) is 0 Å². The minimum Gasteiger partial charge on any atom is -0.385 e. The zero-order valence-electron chi connectivity index (χ0n) is 4.94. The van der Waals surface area contributed by atoms with Gasteiger partial charge in [-0.3, -0.25) is 0 Å². The van der Waals surface area contributed by atoms with Crippen molar-refractivity contribution in [2.45, 2.75) is 21.3 Å². The van der Waals surface area contributed by atoms with Crippen LogP contribution in [0.3, 0.4) is 0 Å². The molecule has 2 nitrogen and oxygen atoms in total. The van der Waals surface area contributed by atoms with Gasteiger partial charge in [0.1, 0.15) is 0 Å². The second kappa shape index (κ2) is 15.7. The number of hydrogen-bond donors (Lipinski definition) is 0. The second-order valence-electron chi connectivity index (χ2n) is 1.34. The summed E-state index contributed by atoms with van der Waals surface area (Å²) in [7, 11) is 3.38. The fraction of sp³-hybridized carbons (Fsp3) is 1.00. The highest BCUT2D eigenvalue weighted by Crippen LogP contribution is 1.78. The van der Waals surface area contributed by atoms with Crippen LogP contribution in [-0.4, -0.2) is 27.4 Å². The molecule has 0 aliphatic carbocycles. The van der Waals surface area contributed by atoms with Crippen LogP contribution in [-0.2, 0) is 9.47 Å². The first-order valence-electron chi connectivity index (χ1n) is 2.39. The van der Waals surface area contributed by atoms with E-state index in [9.17, 15) is 0 Å². The van der Waals surface area contributed by atoms with Gasteiger partial charge in [-0.25, -0.2) is 0 Å². The van der Waals surface area contributed by atoms with Gasteiger partial charge < -0.3 is 9.47 Å². The molecule has 0 N–H and O–H groups in total. The summed E-state index contributed by atoms with van der Waals surface area (Å²) in [6, 6.07) is 0. The van der Waals surface area contributed by atoms with Gasteiger partial charge in [-0.15, -0.1) is 0 Å². The lowest BCUT2D eigenvalue weighted by Gasteiger charge is -1.94. The van der Waals surface area contributed by atoms with Gasteiger partial charge in [-0.2, -0.15) is 0 Å². The Morgan fingerprint density at radius 3 is 1.44 bits per heavy atom. The summed E-state index contributed by atoms with van der Waals surface area (Å²) < 4.78 is 9.53.